The second-order valence-corrected chi connectivity index (χ2v) is 2.17. The van der Waals surface area contributed by atoms with Gasteiger partial charge in [-0.05, 0) is 18.4 Å². The van der Waals surface area contributed by atoms with Crippen LogP contribution in [-0.4, -0.2) is 5.11 Å². The van der Waals surface area contributed by atoms with E-state index >= 15 is 0 Å². The molecule has 0 aromatic heterocycles. The van der Waals surface area contributed by atoms with E-state index in [9.17, 15) is 0 Å². The molecule has 1 rings (SSSR count). The monoisotopic (exact) mass is 98.1 g/mol. The summed E-state index contributed by atoms with van der Waals surface area (Å²) in [5.41, 5.74) is 0. The van der Waals surface area contributed by atoms with E-state index < -0.39 is 0 Å². The lowest BCUT2D eigenvalue weighted by Crippen LogP contribution is -1.76. The first-order valence-electron chi connectivity index (χ1n) is 2.68. The van der Waals surface area contributed by atoms with Gasteiger partial charge in [0.15, 0.2) is 0 Å². The molecule has 0 aromatic rings. The summed E-state index contributed by atoms with van der Waals surface area (Å²) in [6.45, 7) is 2.11. The summed E-state index contributed by atoms with van der Waals surface area (Å²) in [7, 11) is 0. The van der Waals surface area contributed by atoms with Crippen LogP contribution in [0.2, 0.25) is 0 Å². The summed E-state index contributed by atoms with van der Waals surface area (Å²) in [4.78, 5) is 0. The lowest BCUT2D eigenvalue weighted by molar-refractivity contribution is 0.396. The molecule has 1 atom stereocenters. The van der Waals surface area contributed by atoms with Crippen molar-refractivity contribution in [1.29, 1.82) is 0 Å². The van der Waals surface area contributed by atoms with Gasteiger partial charge in [0.2, 0.25) is 0 Å². The summed E-state index contributed by atoms with van der Waals surface area (Å²) in [5, 5.41) is 8.76. The fourth-order valence-corrected chi connectivity index (χ4v) is 0.871. The molecule has 0 saturated heterocycles. The zero-order chi connectivity index (χ0) is 5.28. The first kappa shape index (κ1) is 4.69. The Bertz CT molecular complexity index is 94.4. The van der Waals surface area contributed by atoms with Crippen molar-refractivity contribution in [2.75, 3.05) is 0 Å². The van der Waals surface area contributed by atoms with Crippen molar-refractivity contribution in [3.8, 4) is 0 Å². The molecule has 1 aliphatic carbocycles. The number of aliphatic hydroxyl groups excluding tert-OH is 1. The second-order valence-electron chi connectivity index (χ2n) is 2.17. The zero-order valence-electron chi connectivity index (χ0n) is 4.52. The largest absolute Gasteiger partial charge is 0.513 e. The first-order valence-corrected chi connectivity index (χ1v) is 2.68. The summed E-state index contributed by atoms with van der Waals surface area (Å²) in [6, 6.07) is 0. The normalized spacial score (nSPS) is 30.4. The van der Waals surface area contributed by atoms with E-state index in [1.165, 1.54) is 0 Å². The smallest absolute Gasteiger partial charge is 0.0885 e. The van der Waals surface area contributed by atoms with Crippen LogP contribution in [0.5, 0.6) is 0 Å². The van der Waals surface area contributed by atoms with Gasteiger partial charge in [-0.1, -0.05) is 6.92 Å². The standard InChI is InChI=1S/C6H10O/c1-5-2-3-6(7)4-5/h4-5,7H,2-3H2,1H3. The Kier molecular flexibility index (Phi) is 1.05. The highest BCUT2D eigenvalue weighted by Crippen LogP contribution is 2.20. The molecule has 1 nitrogen and oxygen atoms in total. The Morgan fingerprint density at radius 3 is 2.71 bits per heavy atom. The lowest BCUT2D eigenvalue weighted by Gasteiger charge is -1.88. The fraction of sp³-hybridized carbons (Fsp3) is 0.667. The van der Waals surface area contributed by atoms with Crippen LogP contribution in [0.25, 0.3) is 0 Å². The average molecular weight is 98.1 g/mol. The molecule has 0 fully saturated rings. The van der Waals surface area contributed by atoms with Gasteiger partial charge < -0.3 is 5.11 Å². The van der Waals surface area contributed by atoms with Crippen molar-refractivity contribution in [2.24, 2.45) is 5.92 Å². The van der Waals surface area contributed by atoms with E-state index in [0.29, 0.717) is 11.7 Å². The third kappa shape index (κ3) is 0.952. The third-order valence-electron chi connectivity index (χ3n) is 1.33. The maximum atomic E-state index is 8.76. The van der Waals surface area contributed by atoms with E-state index in [1.54, 1.807) is 0 Å². The van der Waals surface area contributed by atoms with Crippen LogP contribution >= 0.6 is 0 Å². The Balaban J connectivity index is 2.50. The highest BCUT2D eigenvalue weighted by Gasteiger charge is 2.08. The van der Waals surface area contributed by atoms with Crippen molar-refractivity contribution in [1.82, 2.24) is 0 Å². The molecule has 0 radical (unpaired) electrons. The van der Waals surface area contributed by atoms with Gasteiger partial charge in [0, 0.05) is 6.42 Å². The molecule has 1 unspecified atom stereocenters. The summed E-state index contributed by atoms with van der Waals surface area (Å²) < 4.78 is 0. The molecule has 7 heavy (non-hydrogen) atoms. The minimum atomic E-state index is 0.576. The van der Waals surface area contributed by atoms with Crippen LogP contribution < -0.4 is 0 Å². The van der Waals surface area contributed by atoms with Gasteiger partial charge >= 0.3 is 0 Å². The molecule has 0 aliphatic heterocycles. The molecule has 0 aromatic carbocycles. The minimum absolute atomic E-state index is 0.576. The predicted molar refractivity (Wildman–Crippen MR) is 29.1 cm³/mol. The van der Waals surface area contributed by atoms with Crippen LogP contribution in [0.1, 0.15) is 19.8 Å². The molecule has 0 heterocycles. The van der Waals surface area contributed by atoms with Gasteiger partial charge in [0.05, 0.1) is 5.76 Å². The van der Waals surface area contributed by atoms with Gasteiger partial charge in [0.1, 0.15) is 0 Å². The number of hydrogen-bond donors (Lipinski definition) is 1. The van der Waals surface area contributed by atoms with E-state index in [-0.39, 0.29) is 0 Å². The molecule has 0 saturated carbocycles. The molecular formula is C6H10O. The minimum Gasteiger partial charge on any atom is -0.513 e. The average Bonchev–Trinajstić information content (AvgIpc) is 1.87. The molecule has 1 N–H and O–H groups in total. The van der Waals surface area contributed by atoms with Gasteiger partial charge in [-0.3, -0.25) is 0 Å². The Hall–Kier alpha value is -0.460. The number of rotatable bonds is 0. The molecule has 0 spiro atoms. The molecule has 40 valence electrons. The predicted octanol–water partition coefficient (Wildman–Crippen LogP) is 1.86. The molecule has 0 bridgehead atoms. The van der Waals surface area contributed by atoms with Gasteiger partial charge in [-0.15, -0.1) is 0 Å². The molecule has 0 amide bonds. The maximum Gasteiger partial charge on any atom is 0.0885 e. The van der Waals surface area contributed by atoms with Gasteiger partial charge in [0.25, 0.3) is 0 Å². The molecular weight excluding hydrogens is 88.1 g/mol. The maximum absolute atomic E-state index is 8.76. The van der Waals surface area contributed by atoms with Gasteiger partial charge in [-0.2, -0.15) is 0 Å². The molecule has 1 aliphatic rings. The van der Waals surface area contributed by atoms with E-state index in [4.69, 9.17) is 5.11 Å². The van der Waals surface area contributed by atoms with E-state index in [2.05, 4.69) is 6.92 Å². The first-order chi connectivity index (χ1) is 3.29. The van der Waals surface area contributed by atoms with Crippen LogP contribution in [0.15, 0.2) is 11.8 Å². The quantitative estimate of drug-likeness (QED) is 0.490. The highest BCUT2D eigenvalue weighted by molar-refractivity contribution is 5.00. The number of hydrogen-bond acceptors (Lipinski definition) is 1. The van der Waals surface area contributed by atoms with Crippen LogP contribution in [0.4, 0.5) is 0 Å². The Labute approximate surface area is 43.7 Å². The third-order valence-corrected chi connectivity index (χ3v) is 1.33. The zero-order valence-corrected chi connectivity index (χ0v) is 4.52. The van der Waals surface area contributed by atoms with Crippen LogP contribution in [0.3, 0.4) is 0 Å². The van der Waals surface area contributed by atoms with Crippen molar-refractivity contribution in [3.63, 3.8) is 0 Å². The van der Waals surface area contributed by atoms with Crippen LogP contribution in [-0.2, 0) is 0 Å². The van der Waals surface area contributed by atoms with Crippen molar-refractivity contribution in [3.05, 3.63) is 11.8 Å². The lowest BCUT2D eigenvalue weighted by atomic mass is 10.2. The Morgan fingerprint density at radius 2 is 2.57 bits per heavy atom. The SMILES string of the molecule is CC1C=C(O)CC1. The summed E-state index contributed by atoms with van der Waals surface area (Å²) in [6.07, 6.45) is 3.94. The number of allylic oxidation sites excluding steroid dienone is 2. The van der Waals surface area contributed by atoms with Crippen molar-refractivity contribution >= 4 is 0 Å². The van der Waals surface area contributed by atoms with Crippen molar-refractivity contribution in [2.45, 2.75) is 19.8 Å². The molecule has 1 heteroatoms. The van der Waals surface area contributed by atoms with E-state index in [1.807, 2.05) is 6.08 Å². The van der Waals surface area contributed by atoms with Crippen LogP contribution in [0, 0.1) is 5.92 Å². The van der Waals surface area contributed by atoms with Crippen molar-refractivity contribution < 1.29 is 5.11 Å². The highest BCUT2D eigenvalue weighted by atomic mass is 16.3. The van der Waals surface area contributed by atoms with Gasteiger partial charge in [-0.25, -0.2) is 0 Å². The van der Waals surface area contributed by atoms with E-state index in [0.717, 1.165) is 12.8 Å². The number of aliphatic hydroxyl groups is 1. The summed E-state index contributed by atoms with van der Waals surface area (Å²) >= 11 is 0. The Morgan fingerprint density at radius 1 is 1.86 bits per heavy atom. The fourth-order valence-electron chi connectivity index (χ4n) is 0.871. The second kappa shape index (κ2) is 1.57. The topological polar surface area (TPSA) is 20.2 Å². The summed E-state index contributed by atoms with van der Waals surface area (Å²) in [5.74, 6) is 1.19.